The Labute approximate surface area is 94.0 Å². The maximum absolute atomic E-state index is 13.3. The molecule has 1 heterocycles. The second-order valence-electron chi connectivity index (χ2n) is 4.44. The van der Waals surface area contributed by atoms with Crippen LogP contribution in [0.4, 0.5) is 4.39 Å². The van der Waals surface area contributed by atoms with Gasteiger partial charge in [-0.05, 0) is 13.0 Å². The number of benzene rings is 1. The summed E-state index contributed by atoms with van der Waals surface area (Å²) in [5.74, 6) is -0.297. The summed E-state index contributed by atoms with van der Waals surface area (Å²) in [5, 5.41) is 5.82. The fraction of sp³-hybridized carbons (Fsp3) is 0.417. The van der Waals surface area contributed by atoms with Gasteiger partial charge in [-0.3, -0.25) is 4.79 Å². The Hall–Kier alpha value is -1.42. The lowest BCUT2D eigenvalue weighted by molar-refractivity contribution is -0.132. The van der Waals surface area contributed by atoms with Gasteiger partial charge in [0, 0.05) is 25.2 Å². The highest BCUT2D eigenvalue weighted by Crippen LogP contribution is 2.21. The van der Waals surface area contributed by atoms with Crippen LogP contribution in [0.5, 0.6) is 0 Å². The van der Waals surface area contributed by atoms with Gasteiger partial charge in [0.1, 0.15) is 5.82 Å². The smallest absolute Gasteiger partial charge is 0.228 e. The average Bonchev–Trinajstić information content (AvgIpc) is 2.24. The number of hydrogen-bond donors (Lipinski definition) is 2. The van der Waals surface area contributed by atoms with Crippen LogP contribution >= 0.6 is 0 Å². The van der Waals surface area contributed by atoms with Gasteiger partial charge in [0.2, 0.25) is 5.91 Å². The number of nitrogens with one attached hydrogen (secondary N) is 2. The summed E-state index contributed by atoms with van der Waals surface area (Å²) in [4.78, 5) is 11.8. The van der Waals surface area contributed by atoms with Crippen molar-refractivity contribution in [3.05, 3.63) is 35.6 Å². The molecule has 1 saturated heterocycles. The minimum absolute atomic E-state index is 0.0190. The van der Waals surface area contributed by atoms with Gasteiger partial charge in [0.15, 0.2) is 0 Å². The number of carbonyl (C=O) groups is 1. The molecule has 1 aliphatic rings. The largest absolute Gasteiger partial charge is 0.351 e. The van der Waals surface area contributed by atoms with E-state index in [2.05, 4.69) is 10.6 Å². The van der Waals surface area contributed by atoms with Gasteiger partial charge in [-0.1, -0.05) is 18.2 Å². The van der Waals surface area contributed by atoms with Crippen molar-refractivity contribution in [2.75, 3.05) is 13.1 Å². The minimum atomic E-state index is -0.328. The van der Waals surface area contributed by atoms with Crippen molar-refractivity contribution >= 4 is 5.91 Å². The normalized spacial score (nSPS) is 17.6. The van der Waals surface area contributed by atoms with Crippen LogP contribution < -0.4 is 10.6 Å². The summed E-state index contributed by atoms with van der Waals surface area (Å²) in [6.07, 6.45) is 0. The van der Waals surface area contributed by atoms with E-state index >= 15 is 0 Å². The number of halogens is 1. The molecule has 0 radical (unpaired) electrons. The summed E-state index contributed by atoms with van der Waals surface area (Å²) in [7, 11) is 0. The van der Waals surface area contributed by atoms with Crippen molar-refractivity contribution in [3.63, 3.8) is 0 Å². The Morgan fingerprint density at radius 1 is 1.50 bits per heavy atom. The molecule has 3 nitrogen and oxygen atoms in total. The van der Waals surface area contributed by atoms with Crippen LogP contribution in [-0.4, -0.2) is 19.0 Å². The molecule has 1 aromatic rings. The van der Waals surface area contributed by atoms with Crippen LogP contribution in [0.15, 0.2) is 24.3 Å². The lowest BCUT2D eigenvalue weighted by Gasteiger charge is -2.37. The lowest BCUT2D eigenvalue weighted by atomic mass is 9.83. The number of hydrogen-bond acceptors (Lipinski definition) is 2. The molecule has 0 aliphatic carbocycles. The summed E-state index contributed by atoms with van der Waals surface area (Å²) in [6, 6.07) is 6.47. The topological polar surface area (TPSA) is 41.1 Å². The first-order valence-corrected chi connectivity index (χ1v) is 5.34. The maximum atomic E-state index is 13.3. The highest BCUT2D eigenvalue weighted by Gasteiger charge is 2.38. The van der Waals surface area contributed by atoms with Crippen LogP contribution in [0.3, 0.4) is 0 Å². The van der Waals surface area contributed by atoms with Gasteiger partial charge in [0.25, 0.3) is 0 Å². The predicted molar refractivity (Wildman–Crippen MR) is 59.2 cm³/mol. The van der Waals surface area contributed by atoms with Crippen molar-refractivity contribution in [3.8, 4) is 0 Å². The molecule has 86 valence electrons. The standard InChI is InChI=1S/C12H15FN2O/c1-12(7-14-8-12)11(16)15-6-9-4-2-3-5-10(9)13/h2-5,14H,6-8H2,1H3,(H,15,16). The SMILES string of the molecule is CC1(C(=O)NCc2ccccc2F)CNC1. The second kappa shape index (κ2) is 4.22. The van der Waals surface area contributed by atoms with Crippen molar-refractivity contribution in [1.82, 2.24) is 10.6 Å². The van der Waals surface area contributed by atoms with E-state index in [9.17, 15) is 9.18 Å². The van der Waals surface area contributed by atoms with E-state index in [0.29, 0.717) is 18.7 Å². The maximum Gasteiger partial charge on any atom is 0.228 e. The van der Waals surface area contributed by atoms with Gasteiger partial charge in [-0.2, -0.15) is 0 Å². The molecule has 0 unspecified atom stereocenters. The molecule has 1 amide bonds. The van der Waals surface area contributed by atoms with Crippen molar-refractivity contribution in [2.24, 2.45) is 5.41 Å². The van der Waals surface area contributed by atoms with Crippen LogP contribution in [0, 0.1) is 11.2 Å². The first-order chi connectivity index (χ1) is 7.62. The Morgan fingerprint density at radius 2 is 2.19 bits per heavy atom. The van der Waals surface area contributed by atoms with Gasteiger partial charge in [-0.15, -0.1) is 0 Å². The zero-order valence-corrected chi connectivity index (χ0v) is 9.22. The fourth-order valence-electron chi connectivity index (χ4n) is 1.69. The van der Waals surface area contributed by atoms with E-state index in [1.165, 1.54) is 6.07 Å². The number of amides is 1. The molecule has 0 bridgehead atoms. The summed E-state index contributed by atoms with van der Waals surface area (Å²) >= 11 is 0. The second-order valence-corrected chi connectivity index (χ2v) is 4.44. The van der Waals surface area contributed by atoms with Crippen LogP contribution in [0.2, 0.25) is 0 Å². The van der Waals surface area contributed by atoms with Crippen LogP contribution in [0.25, 0.3) is 0 Å². The Kier molecular flexibility index (Phi) is 2.92. The Bertz CT molecular complexity index is 402. The fourth-order valence-corrected chi connectivity index (χ4v) is 1.69. The third kappa shape index (κ3) is 2.07. The van der Waals surface area contributed by atoms with E-state index in [1.54, 1.807) is 18.2 Å². The molecule has 0 saturated carbocycles. The molecular weight excluding hydrogens is 207 g/mol. The highest BCUT2D eigenvalue weighted by atomic mass is 19.1. The summed E-state index contributed by atoms with van der Waals surface area (Å²) in [5.41, 5.74) is 0.192. The van der Waals surface area contributed by atoms with Crippen LogP contribution in [-0.2, 0) is 11.3 Å². The summed E-state index contributed by atoms with van der Waals surface area (Å²) in [6.45, 7) is 3.54. The van der Waals surface area contributed by atoms with E-state index in [1.807, 2.05) is 6.92 Å². The Balaban J connectivity index is 1.93. The van der Waals surface area contributed by atoms with Gasteiger partial charge >= 0.3 is 0 Å². The first-order valence-electron chi connectivity index (χ1n) is 5.34. The zero-order valence-electron chi connectivity index (χ0n) is 9.22. The molecule has 0 spiro atoms. The highest BCUT2D eigenvalue weighted by molar-refractivity contribution is 5.83. The molecule has 2 N–H and O–H groups in total. The number of carbonyl (C=O) groups excluding carboxylic acids is 1. The minimum Gasteiger partial charge on any atom is -0.351 e. The van der Waals surface area contributed by atoms with E-state index in [4.69, 9.17) is 0 Å². The zero-order chi connectivity index (χ0) is 11.6. The molecule has 4 heteroatoms. The third-order valence-electron chi connectivity index (χ3n) is 2.98. The molecule has 1 fully saturated rings. The van der Waals surface area contributed by atoms with Crippen LogP contribution in [0.1, 0.15) is 12.5 Å². The molecule has 1 aromatic carbocycles. The molecule has 16 heavy (non-hydrogen) atoms. The van der Waals surface area contributed by atoms with Crippen molar-refractivity contribution in [2.45, 2.75) is 13.5 Å². The lowest BCUT2D eigenvalue weighted by Crippen LogP contribution is -2.59. The molecular formula is C12H15FN2O. The van der Waals surface area contributed by atoms with Gasteiger partial charge < -0.3 is 10.6 Å². The predicted octanol–water partition coefficient (Wildman–Crippen LogP) is 1.05. The Morgan fingerprint density at radius 3 is 2.75 bits per heavy atom. The van der Waals surface area contributed by atoms with Gasteiger partial charge in [0.05, 0.1) is 5.41 Å². The molecule has 0 aromatic heterocycles. The quantitative estimate of drug-likeness (QED) is 0.802. The van der Waals surface area contributed by atoms with Crippen molar-refractivity contribution < 1.29 is 9.18 Å². The third-order valence-corrected chi connectivity index (χ3v) is 2.98. The number of rotatable bonds is 3. The first kappa shape index (κ1) is 11.1. The van der Waals surface area contributed by atoms with Crippen molar-refractivity contribution in [1.29, 1.82) is 0 Å². The molecule has 2 rings (SSSR count). The van der Waals surface area contributed by atoms with E-state index < -0.39 is 0 Å². The monoisotopic (exact) mass is 222 g/mol. The van der Waals surface area contributed by atoms with E-state index in [0.717, 1.165) is 0 Å². The molecule has 1 aliphatic heterocycles. The van der Waals surface area contributed by atoms with E-state index in [-0.39, 0.29) is 23.7 Å². The van der Waals surface area contributed by atoms with Gasteiger partial charge in [-0.25, -0.2) is 4.39 Å². The summed E-state index contributed by atoms with van der Waals surface area (Å²) < 4.78 is 13.3. The molecule has 0 atom stereocenters. The average molecular weight is 222 g/mol.